The summed E-state index contributed by atoms with van der Waals surface area (Å²) in [6.07, 6.45) is 1.02. The summed E-state index contributed by atoms with van der Waals surface area (Å²) < 4.78 is 5.37. The number of benzene rings is 1. The van der Waals surface area contributed by atoms with Crippen LogP contribution < -0.4 is 9.64 Å². The van der Waals surface area contributed by atoms with Crippen LogP contribution in [0.15, 0.2) is 18.2 Å². The lowest BCUT2D eigenvalue weighted by Crippen LogP contribution is -2.44. The van der Waals surface area contributed by atoms with Crippen LogP contribution >= 0.6 is 0 Å². The number of methoxy groups -OCH3 is 1. The number of hydrogen-bond donors (Lipinski definition) is 0. The van der Waals surface area contributed by atoms with Gasteiger partial charge < -0.3 is 14.5 Å². The molecule has 1 saturated heterocycles. The van der Waals surface area contributed by atoms with Crippen LogP contribution in [0.25, 0.3) is 0 Å². The van der Waals surface area contributed by atoms with Gasteiger partial charge in [0, 0.05) is 31.9 Å². The summed E-state index contributed by atoms with van der Waals surface area (Å²) in [7, 11) is 3.92. The van der Waals surface area contributed by atoms with Gasteiger partial charge >= 0.3 is 0 Å². The van der Waals surface area contributed by atoms with Gasteiger partial charge in [-0.25, -0.2) is 0 Å². The molecule has 3 nitrogen and oxygen atoms in total. The van der Waals surface area contributed by atoms with E-state index >= 15 is 0 Å². The SMILES string of the molecule is CCc1cc(N2CCN(C)CC2)ccc1OC. The van der Waals surface area contributed by atoms with Gasteiger partial charge in [0.1, 0.15) is 5.75 Å². The summed E-state index contributed by atoms with van der Waals surface area (Å²) in [5, 5.41) is 0. The molecule has 3 heteroatoms. The van der Waals surface area contributed by atoms with Gasteiger partial charge in [-0.3, -0.25) is 0 Å². The molecule has 94 valence electrons. The van der Waals surface area contributed by atoms with Crippen LogP contribution in [-0.4, -0.2) is 45.2 Å². The van der Waals surface area contributed by atoms with Crippen molar-refractivity contribution in [2.45, 2.75) is 13.3 Å². The first-order valence-electron chi connectivity index (χ1n) is 6.35. The van der Waals surface area contributed by atoms with Crippen molar-refractivity contribution in [2.24, 2.45) is 0 Å². The Hall–Kier alpha value is -1.22. The Labute approximate surface area is 104 Å². The molecule has 1 aliphatic rings. The first kappa shape index (κ1) is 12.2. The van der Waals surface area contributed by atoms with E-state index in [1.165, 1.54) is 11.3 Å². The largest absolute Gasteiger partial charge is 0.496 e. The van der Waals surface area contributed by atoms with E-state index in [-0.39, 0.29) is 0 Å². The summed E-state index contributed by atoms with van der Waals surface area (Å²) in [5.41, 5.74) is 2.62. The molecular formula is C14H22N2O. The molecule has 0 N–H and O–H groups in total. The van der Waals surface area contributed by atoms with E-state index in [9.17, 15) is 0 Å². The molecule has 0 saturated carbocycles. The fourth-order valence-corrected chi connectivity index (χ4v) is 2.30. The second-order valence-electron chi connectivity index (χ2n) is 4.64. The van der Waals surface area contributed by atoms with Gasteiger partial charge in [-0.2, -0.15) is 0 Å². The minimum absolute atomic E-state index is 1.00. The normalized spacial score (nSPS) is 17.2. The molecule has 0 atom stereocenters. The number of likely N-dealkylation sites (N-methyl/N-ethyl adjacent to an activating group) is 1. The van der Waals surface area contributed by atoms with E-state index in [4.69, 9.17) is 4.74 Å². The summed E-state index contributed by atoms with van der Waals surface area (Å²) in [5.74, 6) is 1.00. The molecule has 1 heterocycles. The Kier molecular flexibility index (Phi) is 3.89. The average molecular weight is 234 g/mol. The molecule has 0 spiro atoms. The van der Waals surface area contributed by atoms with Crippen LogP contribution in [0.1, 0.15) is 12.5 Å². The summed E-state index contributed by atoms with van der Waals surface area (Å²) in [4.78, 5) is 4.83. The maximum Gasteiger partial charge on any atom is 0.122 e. The molecule has 1 fully saturated rings. The number of anilines is 1. The Morgan fingerprint density at radius 1 is 1.18 bits per heavy atom. The summed E-state index contributed by atoms with van der Waals surface area (Å²) in [6.45, 7) is 6.70. The van der Waals surface area contributed by atoms with Crippen molar-refractivity contribution in [3.8, 4) is 5.75 Å². The van der Waals surface area contributed by atoms with Gasteiger partial charge in [0.15, 0.2) is 0 Å². The monoisotopic (exact) mass is 234 g/mol. The molecule has 17 heavy (non-hydrogen) atoms. The molecular weight excluding hydrogens is 212 g/mol. The zero-order chi connectivity index (χ0) is 12.3. The molecule has 2 rings (SSSR count). The summed E-state index contributed by atoms with van der Waals surface area (Å²) >= 11 is 0. The van der Waals surface area contributed by atoms with Crippen molar-refractivity contribution >= 4 is 5.69 Å². The number of aryl methyl sites for hydroxylation is 1. The van der Waals surface area contributed by atoms with Crippen LogP contribution in [0.3, 0.4) is 0 Å². The Bertz CT molecular complexity index is 370. The maximum absolute atomic E-state index is 5.37. The van der Waals surface area contributed by atoms with E-state index in [2.05, 4.69) is 42.0 Å². The molecule has 1 aromatic carbocycles. The standard InChI is InChI=1S/C14H22N2O/c1-4-12-11-13(5-6-14(12)17-3)16-9-7-15(2)8-10-16/h5-6,11H,4,7-10H2,1-3H3. The van der Waals surface area contributed by atoms with E-state index in [1.807, 2.05) is 0 Å². The molecule has 0 amide bonds. The minimum atomic E-state index is 1.00. The molecule has 0 aliphatic carbocycles. The second-order valence-corrected chi connectivity index (χ2v) is 4.64. The van der Waals surface area contributed by atoms with E-state index in [0.29, 0.717) is 0 Å². The van der Waals surface area contributed by atoms with Crippen molar-refractivity contribution in [3.05, 3.63) is 23.8 Å². The van der Waals surface area contributed by atoms with E-state index in [1.54, 1.807) is 7.11 Å². The van der Waals surface area contributed by atoms with Gasteiger partial charge in [-0.15, -0.1) is 0 Å². The zero-order valence-electron chi connectivity index (χ0n) is 11.1. The second kappa shape index (κ2) is 5.41. The molecule has 0 aromatic heterocycles. The quantitative estimate of drug-likeness (QED) is 0.795. The van der Waals surface area contributed by atoms with Gasteiger partial charge in [-0.1, -0.05) is 6.92 Å². The number of hydrogen-bond acceptors (Lipinski definition) is 3. The van der Waals surface area contributed by atoms with Gasteiger partial charge in [0.05, 0.1) is 7.11 Å². The zero-order valence-corrected chi connectivity index (χ0v) is 11.1. The lowest BCUT2D eigenvalue weighted by molar-refractivity contribution is 0.313. The van der Waals surface area contributed by atoms with Crippen LogP contribution in [0.5, 0.6) is 5.75 Å². The summed E-state index contributed by atoms with van der Waals surface area (Å²) in [6, 6.07) is 6.53. The van der Waals surface area contributed by atoms with Crippen molar-refractivity contribution in [1.29, 1.82) is 0 Å². The predicted molar refractivity (Wildman–Crippen MR) is 72.1 cm³/mol. The van der Waals surface area contributed by atoms with Crippen LogP contribution in [-0.2, 0) is 6.42 Å². The van der Waals surface area contributed by atoms with Crippen molar-refractivity contribution in [1.82, 2.24) is 4.90 Å². The van der Waals surface area contributed by atoms with Gasteiger partial charge in [0.25, 0.3) is 0 Å². The highest BCUT2D eigenvalue weighted by atomic mass is 16.5. The Balaban J connectivity index is 2.16. The first-order valence-corrected chi connectivity index (χ1v) is 6.35. The molecule has 1 aromatic rings. The lowest BCUT2D eigenvalue weighted by atomic mass is 10.1. The van der Waals surface area contributed by atoms with Crippen LogP contribution in [0, 0.1) is 0 Å². The third kappa shape index (κ3) is 2.72. The fraction of sp³-hybridized carbons (Fsp3) is 0.571. The van der Waals surface area contributed by atoms with Gasteiger partial charge in [-0.05, 0) is 37.2 Å². The Morgan fingerprint density at radius 3 is 2.47 bits per heavy atom. The Morgan fingerprint density at radius 2 is 1.88 bits per heavy atom. The highest BCUT2D eigenvalue weighted by Gasteiger charge is 2.15. The molecule has 0 bridgehead atoms. The molecule has 0 radical (unpaired) electrons. The van der Waals surface area contributed by atoms with Crippen LogP contribution in [0.2, 0.25) is 0 Å². The minimum Gasteiger partial charge on any atom is -0.496 e. The highest BCUT2D eigenvalue weighted by Crippen LogP contribution is 2.26. The van der Waals surface area contributed by atoms with E-state index < -0.39 is 0 Å². The van der Waals surface area contributed by atoms with Crippen molar-refractivity contribution in [3.63, 3.8) is 0 Å². The number of piperazine rings is 1. The van der Waals surface area contributed by atoms with Crippen molar-refractivity contribution < 1.29 is 4.74 Å². The fourth-order valence-electron chi connectivity index (χ4n) is 2.30. The van der Waals surface area contributed by atoms with Crippen LogP contribution in [0.4, 0.5) is 5.69 Å². The molecule has 0 unspecified atom stereocenters. The average Bonchev–Trinajstić information content (AvgIpc) is 2.39. The predicted octanol–water partition coefficient (Wildman–Crippen LogP) is 2.01. The third-order valence-corrected chi connectivity index (χ3v) is 3.51. The van der Waals surface area contributed by atoms with E-state index in [0.717, 1.165) is 38.3 Å². The number of nitrogens with zero attached hydrogens (tertiary/aromatic N) is 2. The molecule has 1 aliphatic heterocycles. The number of rotatable bonds is 3. The van der Waals surface area contributed by atoms with Crippen molar-refractivity contribution in [2.75, 3.05) is 45.2 Å². The highest BCUT2D eigenvalue weighted by molar-refractivity contribution is 5.53. The smallest absolute Gasteiger partial charge is 0.122 e. The first-order chi connectivity index (χ1) is 8.24. The maximum atomic E-state index is 5.37. The number of ether oxygens (including phenoxy) is 1. The lowest BCUT2D eigenvalue weighted by Gasteiger charge is -2.34. The third-order valence-electron chi connectivity index (χ3n) is 3.51. The topological polar surface area (TPSA) is 15.7 Å². The van der Waals surface area contributed by atoms with Gasteiger partial charge in [0.2, 0.25) is 0 Å².